The first-order chi connectivity index (χ1) is 7.31. The molecule has 0 aromatic carbocycles. The van der Waals surface area contributed by atoms with Crippen molar-refractivity contribution >= 4 is 5.91 Å². The van der Waals surface area contributed by atoms with Gasteiger partial charge in [-0.25, -0.2) is 0 Å². The second-order valence-corrected chi connectivity index (χ2v) is 3.76. The molecule has 1 fully saturated rings. The minimum atomic E-state index is 0.0291. The molecule has 1 aromatic heterocycles. The van der Waals surface area contributed by atoms with E-state index in [1.807, 2.05) is 17.2 Å². The summed E-state index contributed by atoms with van der Waals surface area (Å²) in [5.41, 5.74) is 1.22. The van der Waals surface area contributed by atoms with Gasteiger partial charge in [-0.3, -0.25) is 9.78 Å². The predicted molar refractivity (Wildman–Crippen MR) is 58.4 cm³/mol. The van der Waals surface area contributed by atoms with Crippen LogP contribution in [0.15, 0.2) is 37.2 Å². The molecular weight excluding hydrogens is 188 g/mol. The van der Waals surface area contributed by atoms with Crippen LogP contribution in [0, 0.1) is 0 Å². The number of carbonyl (C=O) groups is 1. The van der Waals surface area contributed by atoms with Gasteiger partial charge in [0.2, 0.25) is 5.91 Å². The first-order valence-corrected chi connectivity index (χ1v) is 5.12. The Bertz CT molecular complexity index is 361. The number of hydrogen-bond donors (Lipinski definition) is 0. The maximum Gasteiger partial charge on any atom is 0.245 e. The zero-order valence-electron chi connectivity index (χ0n) is 8.60. The summed E-state index contributed by atoms with van der Waals surface area (Å²) in [5.74, 6) is 0.462. The van der Waals surface area contributed by atoms with Gasteiger partial charge in [0, 0.05) is 31.4 Å². The number of amides is 1. The highest BCUT2D eigenvalue weighted by molar-refractivity contribution is 5.87. The number of rotatable bonds is 2. The standard InChI is InChI=1S/C12H14N2O/c1-2-12(15)14-7-5-11(9-14)10-4-3-6-13-8-10/h2-4,6,8,11H,1,5,7,9H2/t11-/m1/s1. The minimum Gasteiger partial charge on any atom is -0.339 e. The Kier molecular flexibility index (Phi) is 2.81. The normalized spacial score (nSPS) is 20.3. The molecule has 15 heavy (non-hydrogen) atoms. The van der Waals surface area contributed by atoms with Crippen molar-refractivity contribution in [3.05, 3.63) is 42.7 Å². The van der Waals surface area contributed by atoms with E-state index in [-0.39, 0.29) is 5.91 Å². The van der Waals surface area contributed by atoms with E-state index in [1.54, 1.807) is 6.20 Å². The van der Waals surface area contributed by atoms with Crippen LogP contribution in [0.3, 0.4) is 0 Å². The number of pyridine rings is 1. The van der Waals surface area contributed by atoms with Crippen molar-refractivity contribution in [2.24, 2.45) is 0 Å². The highest BCUT2D eigenvalue weighted by Gasteiger charge is 2.25. The van der Waals surface area contributed by atoms with E-state index in [9.17, 15) is 4.79 Å². The van der Waals surface area contributed by atoms with Gasteiger partial charge in [0.1, 0.15) is 0 Å². The molecule has 1 aromatic rings. The lowest BCUT2D eigenvalue weighted by Gasteiger charge is -2.13. The third-order valence-electron chi connectivity index (χ3n) is 2.83. The Balaban J connectivity index is 2.05. The van der Waals surface area contributed by atoms with Gasteiger partial charge in [0.05, 0.1) is 0 Å². The molecule has 0 bridgehead atoms. The maximum absolute atomic E-state index is 11.4. The van der Waals surface area contributed by atoms with Crippen LogP contribution in [-0.2, 0) is 4.79 Å². The van der Waals surface area contributed by atoms with Gasteiger partial charge in [-0.05, 0) is 24.1 Å². The van der Waals surface area contributed by atoms with Crippen LogP contribution in [-0.4, -0.2) is 28.9 Å². The van der Waals surface area contributed by atoms with Crippen molar-refractivity contribution in [2.45, 2.75) is 12.3 Å². The summed E-state index contributed by atoms with van der Waals surface area (Å²) < 4.78 is 0. The monoisotopic (exact) mass is 202 g/mol. The second kappa shape index (κ2) is 4.26. The largest absolute Gasteiger partial charge is 0.339 e. The molecule has 2 heterocycles. The smallest absolute Gasteiger partial charge is 0.245 e. The lowest BCUT2D eigenvalue weighted by Crippen LogP contribution is -2.26. The molecule has 1 aliphatic rings. The van der Waals surface area contributed by atoms with E-state index >= 15 is 0 Å². The van der Waals surface area contributed by atoms with Crippen LogP contribution in [0.5, 0.6) is 0 Å². The SMILES string of the molecule is C=CC(=O)N1CC[C@@H](c2cccnc2)C1. The van der Waals surface area contributed by atoms with Crippen molar-refractivity contribution in [3.8, 4) is 0 Å². The van der Waals surface area contributed by atoms with Gasteiger partial charge in [-0.2, -0.15) is 0 Å². The van der Waals surface area contributed by atoms with Crippen molar-refractivity contribution in [1.29, 1.82) is 0 Å². The van der Waals surface area contributed by atoms with Gasteiger partial charge in [-0.15, -0.1) is 0 Å². The second-order valence-electron chi connectivity index (χ2n) is 3.76. The summed E-state index contributed by atoms with van der Waals surface area (Å²) in [4.78, 5) is 17.3. The molecule has 1 atom stereocenters. The number of nitrogens with zero attached hydrogens (tertiary/aromatic N) is 2. The van der Waals surface area contributed by atoms with Gasteiger partial charge in [0.25, 0.3) is 0 Å². The van der Waals surface area contributed by atoms with E-state index in [1.165, 1.54) is 11.6 Å². The summed E-state index contributed by atoms with van der Waals surface area (Å²) in [7, 11) is 0. The summed E-state index contributed by atoms with van der Waals surface area (Å²) in [5, 5.41) is 0. The molecule has 0 aliphatic carbocycles. The van der Waals surface area contributed by atoms with E-state index in [0.29, 0.717) is 5.92 Å². The first-order valence-electron chi connectivity index (χ1n) is 5.12. The Morgan fingerprint density at radius 2 is 2.53 bits per heavy atom. The molecule has 1 amide bonds. The van der Waals surface area contributed by atoms with E-state index < -0.39 is 0 Å². The predicted octanol–water partition coefficient (Wildman–Crippen LogP) is 1.58. The molecule has 0 N–H and O–H groups in total. The summed E-state index contributed by atoms with van der Waals surface area (Å²) in [6, 6.07) is 4.01. The third kappa shape index (κ3) is 2.06. The Morgan fingerprint density at radius 3 is 3.20 bits per heavy atom. The van der Waals surface area contributed by atoms with E-state index in [2.05, 4.69) is 17.6 Å². The molecule has 2 rings (SSSR count). The van der Waals surface area contributed by atoms with Gasteiger partial charge in [0.15, 0.2) is 0 Å². The molecular formula is C12H14N2O. The molecule has 1 saturated heterocycles. The fourth-order valence-corrected chi connectivity index (χ4v) is 1.98. The topological polar surface area (TPSA) is 33.2 Å². The molecule has 0 spiro atoms. The lowest BCUT2D eigenvalue weighted by atomic mass is 10.0. The molecule has 3 heteroatoms. The Hall–Kier alpha value is -1.64. The molecule has 0 radical (unpaired) electrons. The fourth-order valence-electron chi connectivity index (χ4n) is 1.98. The number of likely N-dealkylation sites (tertiary alicyclic amines) is 1. The zero-order chi connectivity index (χ0) is 10.7. The molecule has 0 unspecified atom stereocenters. The van der Waals surface area contributed by atoms with Crippen LogP contribution in [0.2, 0.25) is 0 Å². The minimum absolute atomic E-state index is 0.0291. The van der Waals surface area contributed by atoms with Crippen LogP contribution < -0.4 is 0 Å². The first kappa shape index (κ1) is 9.90. The summed E-state index contributed by atoms with van der Waals surface area (Å²) in [6.45, 7) is 5.11. The number of hydrogen-bond acceptors (Lipinski definition) is 2. The Labute approximate surface area is 89.4 Å². The molecule has 0 saturated carbocycles. The Morgan fingerprint density at radius 1 is 1.67 bits per heavy atom. The third-order valence-corrected chi connectivity index (χ3v) is 2.83. The van der Waals surface area contributed by atoms with Crippen molar-refractivity contribution in [3.63, 3.8) is 0 Å². The van der Waals surface area contributed by atoms with Crippen LogP contribution in [0.4, 0.5) is 0 Å². The lowest BCUT2D eigenvalue weighted by molar-refractivity contribution is -0.125. The van der Waals surface area contributed by atoms with Crippen molar-refractivity contribution in [2.75, 3.05) is 13.1 Å². The average Bonchev–Trinajstić information content (AvgIpc) is 2.78. The highest BCUT2D eigenvalue weighted by Crippen LogP contribution is 2.26. The van der Waals surface area contributed by atoms with Crippen molar-refractivity contribution in [1.82, 2.24) is 9.88 Å². The zero-order valence-corrected chi connectivity index (χ0v) is 8.60. The van der Waals surface area contributed by atoms with Crippen LogP contribution in [0.25, 0.3) is 0 Å². The van der Waals surface area contributed by atoms with E-state index in [0.717, 1.165) is 19.5 Å². The van der Waals surface area contributed by atoms with Crippen LogP contribution >= 0.6 is 0 Å². The molecule has 1 aliphatic heterocycles. The quantitative estimate of drug-likeness (QED) is 0.682. The molecule has 78 valence electrons. The summed E-state index contributed by atoms with van der Waals surface area (Å²) >= 11 is 0. The summed E-state index contributed by atoms with van der Waals surface area (Å²) in [6.07, 6.45) is 6.05. The van der Waals surface area contributed by atoms with Gasteiger partial charge >= 0.3 is 0 Å². The van der Waals surface area contributed by atoms with Crippen molar-refractivity contribution < 1.29 is 4.79 Å². The number of carbonyl (C=O) groups excluding carboxylic acids is 1. The fraction of sp³-hybridized carbons (Fsp3) is 0.333. The number of aromatic nitrogens is 1. The van der Waals surface area contributed by atoms with Gasteiger partial charge in [-0.1, -0.05) is 12.6 Å². The van der Waals surface area contributed by atoms with Crippen LogP contribution in [0.1, 0.15) is 17.9 Å². The highest BCUT2D eigenvalue weighted by atomic mass is 16.2. The molecule has 3 nitrogen and oxygen atoms in total. The average molecular weight is 202 g/mol. The maximum atomic E-state index is 11.4. The van der Waals surface area contributed by atoms with Gasteiger partial charge < -0.3 is 4.90 Å². The van der Waals surface area contributed by atoms with E-state index in [4.69, 9.17) is 0 Å².